The molecule has 0 aliphatic rings. The number of imidazole rings is 1. The van der Waals surface area contributed by atoms with Gasteiger partial charge in [-0.2, -0.15) is 8.42 Å². The van der Waals surface area contributed by atoms with Crippen LogP contribution in [0.2, 0.25) is 0 Å². The van der Waals surface area contributed by atoms with Gasteiger partial charge in [-0.1, -0.05) is 0 Å². The Balaban J connectivity index is 2.30. The molecule has 0 unspecified atom stereocenters. The number of hydrogen-bond donors (Lipinski definition) is 3. The first-order chi connectivity index (χ1) is 8.88. The van der Waals surface area contributed by atoms with E-state index in [4.69, 9.17) is 5.11 Å². The zero-order valence-corrected chi connectivity index (χ0v) is 10.6. The van der Waals surface area contributed by atoms with Crippen LogP contribution < -0.4 is 4.72 Å². The van der Waals surface area contributed by atoms with Gasteiger partial charge in [0, 0.05) is 6.20 Å². The highest BCUT2D eigenvalue weighted by molar-refractivity contribution is 7.92. The minimum Gasteiger partial charge on any atom is -0.477 e. The quantitative estimate of drug-likeness (QED) is 0.754. The van der Waals surface area contributed by atoms with Crippen molar-refractivity contribution in [3.05, 3.63) is 36.0 Å². The first-order valence-electron chi connectivity index (χ1n) is 5.12. The smallest absolute Gasteiger partial charge is 0.354 e. The van der Waals surface area contributed by atoms with E-state index in [-0.39, 0.29) is 16.4 Å². The lowest BCUT2D eigenvalue weighted by Crippen LogP contribution is -2.14. The molecule has 0 amide bonds. The zero-order valence-electron chi connectivity index (χ0n) is 9.78. The number of hydrogen-bond acceptors (Lipinski definition) is 5. The van der Waals surface area contributed by atoms with E-state index < -0.39 is 16.0 Å². The Labute approximate surface area is 108 Å². The Bertz CT molecular complexity index is 723. The fourth-order valence-electron chi connectivity index (χ4n) is 1.36. The predicted molar refractivity (Wildman–Crippen MR) is 65.3 cm³/mol. The molecule has 0 aromatic carbocycles. The lowest BCUT2D eigenvalue weighted by Gasteiger charge is -2.06. The van der Waals surface area contributed by atoms with E-state index in [2.05, 4.69) is 19.7 Å². The van der Waals surface area contributed by atoms with Crippen LogP contribution in [0.3, 0.4) is 0 Å². The maximum Gasteiger partial charge on any atom is 0.354 e. The third-order valence-electron chi connectivity index (χ3n) is 2.20. The lowest BCUT2D eigenvalue weighted by molar-refractivity contribution is 0.0690. The number of rotatable bonds is 4. The van der Waals surface area contributed by atoms with E-state index in [9.17, 15) is 13.2 Å². The van der Waals surface area contributed by atoms with Gasteiger partial charge in [-0.3, -0.25) is 4.72 Å². The van der Waals surface area contributed by atoms with E-state index in [1.54, 1.807) is 6.92 Å². The van der Waals surface area contributed by atoms with Gasteiger partial charge in [-0.25, -0.2) is 14.8 Å². The van der Waals surface area contributed by atoms with Gasteiger partial charge in [0.1, 0.15) is 11.5 Å². The van der Waals surface area contributed by atoms with Crippen LogP contribution in [0.1, 0.15) is 16.3 Å². The van der Waals surface area contributed by atoms with Crippen molar-refractivity contribution in [2.24, 2.45) is 0 Å². The summed E-state index contributed by atoms with van der Waals surface area (Å²) in [6, 6.07) is 2.48. The molecule has 0 radical (unpaired) electrons. The molecular weight excluding hydrogens is 272 g/mol. The van der Waals surface area contributed by atoms with Crippen molar-refractivity contribution < 1.29 is 18.3 Å². The number of carbonyl (C=O) groups is 1. The molecule has 0 spiro atoms. The number of aryl methyl sites for hydroxylation is 1. The molecule has 0 aliphatic heterocycles. The number of sulfonamides is 1. The van der Waals surface area contributed by atoms with E-state index in [1.807, 2.05) is 0 Å². The standard InChI is InChI=1S/C10H10N4O4S/c1-6-12-5-9(13-6)19(17,18)14-7-2-3-11-8(4-7)10(15)16/h2-5H,1H3,(H,11,14)(H,12,13)(H,15,16). The van der Waals surface area contributed by atoms with Crippen LogP contribution >= 0.6 is 0 Å². The summed E-state index contributed by atoms with van der Waals surface area (Å²) in [7, 11) is -3.82. The average molecular weight is 282 g/mol. The highest BCUT2D eigenvalue weighted by Gasteiger charge is 2.17. The molecule has 2 aromatic rings. The van der Waals surface area contributed by atoms with Crippen molar-refractivity contribution >= 4 is 21.7 Å². The van der Waals surface area contributed by atoms with Gasteiger partial charge in [-0.15, -0.1) is 0 Å². The number of anilines is 1. The minimum absolute atomic E-state index is 0.0984. The first kappa shape index (κ1) is 13.0. The van der Waals surface area contributed by atoms with Crippen molar-refractivity contribution in [1.29, 1.82) is 0 Å². The number of aromatic amines is 1. The largest absolute Gasteiger partial charge is 0.477 e. The van der Waals surface area contributed by atoms with Gasteiger partial charge in [0.25, 0.3) is 10.0 Å². The van der Waals surface area contributed by atoms with Crippen LogP contribution in [0.4, 0.5) is 5.69 Å². The van der Waals surface area contributed by atoms with Crippen molar-refractivity contribution in [3.8, 4) is 0 Å². The normalized spacial score (nSPS) is 11.2. The number of pyridine rings is 1. The van der Waals surface area contributed by atoms with E-state index >= 15 is 0 Å². The highest BCUT2D eigenvalue weighted by Crippen LogP contribution is 2.14. The molecule has 9 heteroatoms. The van der Waals surface area contributed by atoms with Gasteiger partial charge in [-0.05, 0) is 19.1 Å². The summed E-state index contributed by atoms with van der Waals surface area (Å²) in [6.07, 6.45) is 2.39. The Morgan fingerprint density at radius 3 is 2.74 bits per heavy atom. The third-order valence-corrected chi connectivity index (χ3v) is 3.49. The number of aromatic nitrogens is 3. The van der Waals surface area contributed by atoms with Crippen LogP contribution in [0, 0.1) is 6.92 Å². The molecule has 0 bridgehead atoms. The fourth-order valence-corrected chi connectivity index (χ4v) is 2.38. The molecular formula is C10H10N4O4S. The second-order valence-electron chi connectivity index (χ2n) is 3.67. The molecule has 0 fully saturated rings. The number of H-pyrrole nitrogens is 1. The van der Waals surface area contributed by atoms with Gasteiger partial charge < -0.3 is 10.1 Å². The molecule has 0 saturated carbocycles. The molecule has 8 nitrogen and oxygen atoms in total. The molecule has 2 rings (SSSR count). The van der Waals surface area contributed by atoms with Crippen LogP contribution in [-0.4, -0.2) is 34.4 Å². The predicted octanol–water partition coefficient (Wildman–Crippen LogP) is 0.612. The lowest BCUT2D eigenvalue weighted by atomic mass is 10.3. The van der Waals surface area contributed by atoms with Crippen molar-refractivity contribution in [1.82, 2.24) is 15.0 Å². The third kappa shape index (κ3) is 2.88. The fraction of sp³-hybridized carbons (Fsp3) is 0.100. The molecule has 2 aromatic heterocycles. The van der Waals surface area contributed by atoms with Crippen LogP contribution in [0.25, 0.3) is 0 Å². The van der Waals surface area contributed by atoms with Gasteiger partial charge >= 0.3 is 5.97 Å². The van der Waals surface area contributed by atoms with Crippen molar-refractivity contribution in [3.63, 3.8) is 0 Å². The second kappa shape index (κ2) is 4.69. The Hall–Kier alpha value is -2.42. The molecule has 2 heterocycles. The maximum absolute atomic E-state index is 11.9. The van der Waals surface area contributed by atoms with Gasteiger partial charge in [0.05, 0.1) is 11.9 Å². The number of carboxylic acids is 1. The summed E-state index contributed by atoms with van der Waals surface area (Å²) in [5, 5.41) is 8.67. The summed E-state index contributed by atoms with van der Waals surface area (Å²) < 4.78 is 26.1. The maximum atomic E-state index is 11.9. The van der Waals surface area contributed by atoms with Gasteiger partial charge in [0.15, 0.2) is 5.03 Å². The van der Waals surface area contributed by atoms with Gasteiger partial charge in [0.2, 0.25) is 0 Å². The summed E-state index contributed by atoms with van der Waals surface area (Å²) in [4.78, 5) is 20.7. The molecule has 0 saturated heterocycles. The number of carboxylic acid groups (broad SMARTS) is 1. The summed E-state index contributed by atoms with van der Waals surface area (Å²) in [6.45, 7) is 1.62. The van der Waals surface area contributed by atoms with Crippen molar-refractivity contribution in [2.45, 2.75) is 11.9 Å². The second-order valence-corrected chi connectivity index (χ2v) is 5.32. The zero-order chi connectivity index (χ0) is 14.0. The molecule has 100 valence electrons. The number of nitrogens with zero attached hydrogens (tertiary/aromatic N) is 2. The van der Waals surface area contributed by atoms with E-state index in [0.29, 0.717) is 5.82 Å². The van der Waals surface area contributed by atoms with Crippen LogP contribution in [-0.2, 0) is 10.0 Å². The number of nitrogens with one attached hydrogen (secondary N) is 2. The van der Waals surface area contributed by atoms with E-state index in [0.717, 1.165) is 6.07 Å². The SMILES string of the molecule is Cc1ncc(S(=O)(=O)Nc2ccnc(C(=O)O)c2)[nH]1. The Kier molecular flexibility index (Phi) is 3.21. The van der Waals surface area contributed by atoms with E-state index in [1.165, 1.54) is 18.5 Å². The summed E-state index contributed by atoms with van der Waals surface area (Å²) in [5.41, 5.74) is -0.138. The Morgan fingerprint density at radius 1 is 1.42 bits per heavy atom. The molecule has 0 aliphatic carbocycles. The van der Waals surface area contributed by atoms with Crippen molar-refractivity contribution in [2.75, 3.05) is 4.72 Å². The monoisotopic (exact) mass is 282 g/mol. The van der Waals surface area contributed by atoms with Crippen LogP contribution in [0.5, 0.6) is 0 Å². The molecule has 19 heavy (non-hydrogen) atoms. The first-order valence-corrected chi connectivity index (χ1v) is 6.60. The molecule has 0 atom stereocenters. The summed E-state index contributed by atoms with van der Waals surface area (Å²) >= 11 is 0. The average Bonchev–Trinajstić information content (AvgIpc) is 2.76. The minimum atomic E-state index is -3.82. The highest BCUT2D eigenvalue weighted by atomic mass is 32.2. The van der Waals surface area contributed by atoms with Crippen LogP contribution in [0.15, 0.2) is 29.6 Å². The Morgan fingerprint density at radius 2 is 2.16 bits per heavy atom. The topological polar surface area (TPSA) is 125 Å². The summed E-state index contributed by atoms with van der Waals surface area (Å²) in [5.74, 6) is -0.778. The molecule has 3 N–H and O–H groups in total. The number of aromatic carboxylic acids is 1.